The van der Waals surface area contributed by atoms with Crippen molar-refractivity contribution in [2.24, 2.45) is 0 Å². The van der Waals surface area contributed by atoms with E-state index in [4.69, 9.17) is 0 Å². The number of hydrogen-bond acceptors (Lipinski definition) is 0. The lowest BCUT2D eigenvalue weighted by atomic mass is 10.3. The lowest BCUT2D eigenvalue weighted by molar-refractivity contribution is 1.21. The van der Waals surface area contributed by atoms with E-state index < -0.39 is 0 Å². The van der Waals surface area contributed by atoms with Crippen LogP contribution >= 0.6 is 20.7 Å². The lowest BCUT2D eigenvalue weighted by Crippen LogP contribution is -1.79. The van der Waals surface area contributed by atoms with Crippen LogP contribution in [0.2, 0.25) is 0 Å². The Morgan fingerprint density at radius 2 is 2.22 bits per heavy atom. The number of allylic oxidation sites excluding steroid dienone is 4. The average molecular weight is 234 g/mol. The third-order valence-electron chi connectivity index (χ3n) is 1.23. The summed E-state index contributed by atoms with van der Waals surface area (Å²) in [4.78, 5) is 0. The quantitative estimate of drug-likeness (QED) is 0.612. The molecule has 0 aliphatic carbocycles. The molecule has 1 heteroatoms. The number of hydrogen-bond donors (Lipinski definition) is 0. The summed E-state index contributed by atoms with van der Waals surface area (Å²) in [6, 6.07) is 0. The highest BCUT2D eigenvalue weighted by molar-refractivity contribution is 14.2. The van der Waals surface area contributed by atoms with Gasteiger partial charge in [-0.05, 0) is 26.5 Å². The minimum atomic E-state index is 0.276. The topological polar surface area (TPSA) is 0 Å². The molecular weight excluding hydrogens is 223 g/mol. The van der Waals surface area contributed by atoms with Crippen molar-refractivity contribution >= 4 is 24.7 Å². The van der Waals surface area contributed by atoms with Gasteiger partial charge in [0, 0.05) is 0 Å². The van der Waals surface area contributed by atoms with Crippen LogP contribution in [0.4, 0.5) is 0 Å². The summed E-state index contributed by atoms with van der Waals surface area (Å²) in [5.74, 6) is 0. The Bertz CT molecular complexity index is 185. The predicted molar refractivity (Wildman–Crippen MR) is 52.2 cm³/mol. The van der Waals surface area contributed by atoms with E-state index in [-0.39, 0.29) is 20.7 Å². The first-order chi connectivity index (χ1) is 4.33. The first-order valence-electron chi connectivity index (χ1n) is 3.17. The molecule has 1 aliphatic rings. The van der Waals surface area contributed by atoms with Gasteiger partial charge in [0.05, 0.1) is 0 Å². The van der Waals surface area contributed by atoms with Crippen molar-refractivity contribution in [3.05, 3.63) is 21.3 Å². The van der Waals surface area contributed by atoms with Crippen molar-refractivity contribution < 1.29 is 0 Å². The molecule has 0 aromatic heterocycles. The van der Waals surface area contributed by atoms with Crippen LogP contribution in [0.5, 0.6) is 0 Å². The minimum absolute atomic E-state index is 0.276. The molecule has 0 atom stereocenters. The van der Waals surface area contributed by atoms with Crippen molar-refractivity contribution in [2.75, 3.05) is 0 Å². The fourth-order valence-electron chi connectivity index (χ4n) is 0.646. The Balaban J connectivity index is 2.75. The van der Waals surface area contributed by atoms with E-state index in [0.29, 0.717) is 0 Å². The molecule has 0 N–H and O–H groups in total. The van der Waals surface area contributed by atoms with Crippen molar-refractivity contribution in [3.63, 3.8) is 0 Å². The van der Waals surface area contributed by atoms with Gasteiger partial charge in [0.2, 0.25) is 0 Å². The smallest absolute Gasteiger partial charge is 0.0149 e. The van der Waals surface area contributed by atoms with Gasteiger partial charge in [-0.2, -0.15) is 0 Å². The maximum atomic E-state index is 2.39. The monoisotopic (exact) mass is 234 g/mol. The van der Waals surface area contributed by atoms with Crippen LogP contribution in [0.15, 0.2) is 21.3 Å². The van der Waals surface area contributed by atoms with Crippen LogP contribution in [0, 0.1) is 0 Å². The fourth-order valence-corrected chi connectivity index (χ4v) is 2.57. The molecule has 1 aliphatic heterocycles. The Morgan fingerprint density at radius 1 is 1.44 bits per heavy atom. The molecule has 1 rings (SSSR count). The zero-order valence-corrected chi connectivity index (χ0v) is 7.97. The zero-order chi connectivity index (χ0) is 6.69. The zero-order valence-electron chi connectivity index (χ0n) is 5.82. The first kappa shape index (κ1) is 7.19. The third kappa shape index (κ3) is 2.05. The summed E-state index contributed by atoms with van der Waals surface area (Å²) >= 11 is 0.276. The van der Waals surface area contributed by atoms with E-state index in [9.17, 15) is 0 Å². The van der Waals surface area contributed by atoms with Crippen molar-refractivity contribution in [3.8, 4) is 0 Å². The molecule has 50 valence electrons. The van der Waals surface area contributed by atoms with Crippen LogP contribution in [-0.2, 0) is 0 Å². The van der Waals surface area contributed by atoms with Crippen LogP contribution in [0.1, 0.15) is 20.3 Å². The maximum absolute atomic E-state index is 2.39. The first-order valence-corrected chi connectivity index (χ1v) is 5.49. The summed E-state index contributed by atoms with van der Waals surface area (Å²) in [6.45, 7) is 4.40. The molecule has 0 saturated heterocycles. The summed E-state index contributed by atoms with van der Waals surface area (Å²) in [6.07, 6.45) is 5.73. The second-order valence-corrected chi connectivity index (χ2v) is 4.73. The Kier molecular flexibility index (Phi) is 2.64. The van der Waals surface area contributed by atoms with Crippen LogP contribution in [0.25, 0.3) is 0 Å². The van der Waals surface area contributed by atoms with Gasteiger partial charge in [-0.1, -0.05) is 39.8 Å². The van der Waals surface area contributed by atoms with Gasteiger partial charge >= 0.3 is 0 Å². The molecule has 0 aromatic rings. The SMILES string of the molecule is CCC1=CC=C(C)C=I1. The summed E-state index contributed by atoms with van der Waals surface area (Å²) in [5.41, 5.74) is 1.44. The lowest BCUT2D eigenvalue weighted by Gasteiger charge is -1.99. The second-order valence-electron chi connectivity index (χ2n) is 2.10. The molecule has 0 aromatic carbocycles. The summed E-state index contributed by atoms with van der Waals surface area (Å²) in [5, 5.41) is 0. The van der Waals surface area contributed by atoms with E-state index in [1.165, 1.54) is 12.0 Å². The van der Waals surface area contributed by atoms with Gasteiger partial charge in [0.25, 0.3) is 0 Å². The molecule has 0 spiro atoms. The van der Waals surface area contributed by atoms with Crippen molar-refractivity contribution in [1.29, 1.82) is 0 Å². The standard InChI is InChI=1S/C8H11I/c1-3-8-5-4-7(2)6-9-8/h4-6H,3H2,1-2H3. The number of rotatable bonds is 1. The van der Waals surface area contributed by atoms with E-state index >= 15 is 0 Å². The largest absolute Gasteiger partial charge is 0.0899 e. The third-order valence-corrected chi connectivity index (χ3v) is 4.45. The van der Waals surface area contributed by atoms with Crippen molar-refractivity contribution in [2.45, 2.75) is 20.3 Å². The summed E-state index contributed by atoms with van der Waals surface area (Å²) in [7, 11) is 0. The Labute approximate surface area is 66.4 Å². The predicted octanol–water partition coefficient (Wildman–Crippen LogP) is 3.01. The molecule has 0 radical (unpaired) electrons. The van der Waals surface area contributed by atoms with Gasteiger partial charge in [0.15, 0.2) is 0 Å². The van der Waals surface area contributed by atoms with Gasteiger partial charge in [-0.3, -0.25) is 0 Å². The Morgan fingerprint density at radius 3 is 2.67 bits per heavy atom. The highest BCUT2D eigenvalue weighted by atomic mass is 127. The van der Waals surface area contributed by atoms with E-state index in [0.717, 1.165) is 0 Å². The van der Waals surface area contributed by atoms with Gasteiger partial charge < -0.3 is 0 Å². The molecule has 0 unspecified atom stereocenters. The van der Waals surface area contributed by atoms with E-state index in [1.807, 2.05) is 0 Å². The van der Waals surface area contributed by atoms with Gasteiger partial charge in [-0.25, -0.2) is 0 Å². The van der Waals surface area contributed by atoms with Crippen LogP contribution in [-0.4, -0.2) is 4.01 Å². The fraction of sp³-hybridized carbons (Fsp3) is 0.375. The molecule has 1 heterocycles. The molecule has 0 saturated carbocycles. The normalized spacial score (nSPS) is 18.0. The molecule has 9 heavy (non-hydrogen) atoms. The molecular formula is C8H11I. The highest BCUT2D eigenvalue weighted by Crippen LogP contribution is 2.21. The van der Waals surface area contributed by atoms with Crippen molar-refractivity contribution in [1.82, 2.24) is 0 Å². The van der Waals surface area contributed by atoms with E-state index in [2.05, 4.69) is 30.0 Å². The maximum Gasteiger partial charge on any atom is -0.0149 e. The molecule has 0 nitrogen and oxygen atoms in total. The Hall–Kier alpha value is 0.0800. The van der Waals surface area contributed by atoms with Crippen LogP contribution in [0.3, 0.4) is 0 Å². The molecule has 0 fully saturated rings. The minimum Gasteiger partial charge on any atom is -0.0899 e. The average Bonchev–Trinajstić information content (AvgIpc) is 1.90. The number of halogens is 1. The van der Waals surface area contributed by atoms with E-state index in [1.54, 1.807) is 3.58 Å². The second kappa shape index (κ2) is 3.30. The molecule has 0 bridgehead atoms. The van der Waals surface area contributed by atoms with Crippen LogP contribution < -0.4 is 0 Å². The van der Waals surface area contributed by atoms with Gasteiger partial charge in [-0.15, -0.1) is 0 Å². The van der Waals surface area contributed by atoms with Gasteiger partial charge in [0.1, 0.15) is 0 Å². The molecule has 0 amide bonds. The highest BCUT2D eigenvalue weighted by Gasteiger charge is 1.91. The summed E-state index contributed by atoms with van der Waals surface area (Å²) < 4.78 is 4.04.